The molecule has 0 spiro atoms. The molecule has 26 heavy (non-hydrogen) atoms. The zero-order chi connectivity index (χ0) is 18.1. The molecule has 1 aliphatic heterocycles. The van der Waals surface area contributed by atoms with Gasteiger partial charge in [-0.05, 0) is 47.9 Å². The van der Waals surface area contributed by atoms with Gasteiger partial charge in [0.2, 0.25) is 0 Å². The fourth-order valence-corrected chi connectivity index (χ4v) is 5.67. The van der Waals surface area contributed by atoms with Crippen LogP contribution in [0.25, 0.3) is 0 Å². The first-order valence-electron chi connectivity index (χ1n) is 8.94. The summed E-state index contributed by atoms with van der Waals surface area (Å²) >= 11 is 3.63. The summed E-state index contributed by atoms with van der Waals surface area (Å²) in [6, 6.07) is 12.9. The Morgan fingerprint density at radius 1 is 1.12 bits per heavy atom. The highest BCUT2D eigenvalue weighted by atomic mass is 32.1. The maximum Gasteiger partial charge on any atom is 0.279 e. The van der Waals surface area contributed by atoms with Crippen molar-refractivity contribution < 1.29 is 9.69 Å². The molecule has 0 bridgehead atoms. The van der Waals surface area contributed by atoms with Gasteiger partial charge in [0.25, 0.3) is 5.91 Å². The van der Waals surface area contributed by atoms with E-state index in [-0.39, 0.29) is 11.9 Å². The molecule has 3 heterocycles. The van der Waals surface area contributed by atoms with Gasteiger partial charge in [0.15, 0.2) is 6.54 Å². The Hall–Kier alpha value is -1.95. The number of nitrogens with one attached hydrogen (secondary N) is 2. The molecule has 0 radical (unpaired) electrons. The first kappa shape index (κ1) is 17.5. The Bertz CT molecular complexity index is 894. The molecule has 1 aliphatic rings. The largest absolute Gasteiger partial charge is 0.321 e. The van der Waals surface area contributed by atoms with Crippen LogP contribution in [0.4, 0.5) is 5.69 Å². The van der Waals surface area contributed by atoms with Crippen LogP contribution in [0.15, 0.2) is 47.2 Å². The minimum atomic E-state index is 0.0950. The topological polar surface area (TPSA) is 33.5 Å². The Balaban J connectivity index is 1.56. The maximum atomic E-state index is 12.8. The minimum absolute atomic E-state index is 0.0950. The molecule has 3 nitrogen and oxygen atoms in total. The maximum absolute atomic E-state index is 12.8. The van der Waals surface area contributed by atoms with Crippen LogP contribution in [0.1, 0.15) is 32.5 Å². The molecule has 4 rings (SSSR count). The number of hydrogen-bond donors (Lipinski definition) is 2. The Kier molecular flexibility index (Phi) is 4.94. The lowest BCUT2D eigenvalue weighted by Gasteiger charge is -2.31. The lowest BCUT2D eigenvalue weighted by molar-refractivity contribution is -0.919. The second kappa shape index (κ2) is 7.35. The third kappa shape index (κ3) is 3.34. The van der Waals surface area contributed by atoms with Gasteiger partial charge in [-0.3, -0.25) is 4.79 Å². The van der Waals surface area contributed by atoms with Gasteiger partial charge in [-0.2, -0.15) is 0 Å². The number of carbonyl (C=O) groups excluding carboxylic acids is 1. The van der Waals surface area contributed by atoms with Gasteiger partial charge in [-0.1, -0.05) is 24.3 Å². The molecule has 134 valence electrons. The van der Waals surface area contributed by atoms with Crippen LogP contribution < -0.4 is 10.2 Å². The summed E-state index contributed by atoms with van der Waals surface area (Å²) in [4.78, 5) is 17.0. The average Bonchev–Trinajstić information content (AvgIpc) is 3.29. The molecule has 1 amide bonds. The molecule has 3 aromatic rings. The van der Waals surface area contributed by atoms with E-state index in [0.29, 0.717) is 6.54 Å². The number of quaternary nitrogens is 1. The van der Waals surface area contributed by atoms with Gasteiger partial charge in [-0.25, -0.2) is 0 Å². The minimum Gasteiger partial charge on any atom is -0.321 e. The lowest BCUT2D eigenvalue weighted by atomic mass is 9.98. The van der Waals surface area contributed by atoms with E-state index >= 15 is 0 Å². The summed E-state index contributed by atoms with van der Waals surface area (Å²) in [5, 5.41) is 7.47. The molecule has 5 heteroatoms. The van der Waals surface area contributed by atoms with Crippen molar-refractivity contribution in [3.63, 3.8) is 0 Å². The second-order valence-corrected chi connectivity index (χ2v) is 8.88. The van der Waals surface area contributed by atoms with E-state index in [1.807, 2.05) is 43.4 Å². The number of rotatable bonds is 4. The van der Waals surface area contributed by atoms with Crippen LogP contribution in [0.2, 0.25) is 0 Å². The molecule has 1 unspecified atom stereocenters. The summed E-state index contributed by atoms with van der Waals surface area (Å²) in [6.45, 7) is 5.58. The van der Waals surface area contributed by atoms with Crippen LogP contribution in [0.5, 0.6) is 0 Å². The van der Waals surface area contributed by atoms with E-state index in [2.05, 4.69) is 34.3 Å². The zero-order valence-corrected chi connectivity index (χ0v) is 16.7. The van der Waals surface area contributed by atoms with Gasteiger partial charge >= 0.3 is 0 Å². The highest BCUT2D eigenvalue weighted by Gasteiger charge is 2.35. The van der Waals surface area contributed by atoms with Crippen molar-refractivity contribution in [2.45, 2.75) is 26.3 Å². The smallest absolute Gasteiger partial charge is 0.279 e. The predicted octanol–water partition coefficient (Wildman–Crippen LogP) is 3.60. The Morgan fingerprint density at radius 2 is 1.92 bits per heavy atom. The summed E-state index contributed by atoms with van der Waals surface area (Å²) < 4.78 is 0. The van der Waals surface area contributed by atoms with E-state index in [9.17, 15) is 4.79 Å². The number of hydrogen-bond acceptors (Lipinski definition) is 3. The van der Waals surface area contributed by atoms with Crippen LogP contribution in [-0.2, 0) is 11.2 Å². The summed E-state index contributed by atoms with van der Waals surface area (Å²) in [7, 11) is 0. The standard InChI is InChI=1S/C21H22N2OS2/c1-14-5-3-6-15(2)20(14)22-19(24)13-23-10-8-17-16(9-12-26-17)21(23)18-7-4-11-25-18/h3-7,9,11-12,21H,8,10,13H2,1-2H3,(H,22,24)/p+1/t21-/m0/s1. The quantitative estimate of drug-likeness (QED) is 0.709. The number of carbonyl (C=O) groups is 1. The molecule has 0 saturated heterocycles. The van der Waals surface area contributed by atoms with Crippen LogP contribution in [-0.4, -0.2) is 19.0 Å². The van der Waals surface area contributed by atoms with Gasteiger partial charge in [-0.15, -0.1) is 22.7 Å². The van der Waals surface area contributed by atoms with E-state index in [1.54, 1.807) is 11.3 Å². The highest BCUT2D eigenvalue weighted by molar-refractivity contribution is 7.10. The molecule has 0 fully saturated rings. The monoisotopic (exact) mass is 383 g/mol. The molecule has 2 aromatic heterocycles. The summed E-state index contributed by atoms with van der Waals surface area (Å²) in [5.74, 6) is 0.0950. The van der Waals surface area contributed by atoms with E-state index in [1.165, 1.54) is 20.2 Å². The summed E-state index contributed by atoms with van der Waals surface area (Å²) in [6.07, 6.45) is 1.06. The normalized spacial score (nSPS) is 19.2. The number of fused-ring (bicyclic) bond motifs is 1. The number of benzene rings is 1. The lowest BCUT2D eigenvalue weighted by Crippen LogP contribution is -3.14. The van der Waals surface area contributed by atoms with Crippen molar-refractivity contribution in [2.75, 3.05) is 18.4 Å². The molecular formula is C21H23N2OS2+. The fourth-order valence-electron chi connectivity index (χ4n) is 3.85. The van der Waals surface area contributed by atoms with Crippen molar-refractivity contribution in [1.29, 1.82) is 0 Å². The zero-order valence-electron chi connectivity index (χ0n) is 15.0. The van der Waals surface area contributed by atoms with Gasteiger partial charge in [0.1, 0.15) is 6.04 Å². The number of para-hydroxylation sites is 1. The average molecular weight is 384 g/mol. The predicted molar refractivity (Wildman–Crippen MR) is 109 cm³/mol. The molecule has 0 saturated carbocycles. The first-order valence-corrected chi connectivity index (χ1v) is 10.7. The SMILES string of the molecule is Cc1cccc(C)c1NC(=O)C[NH+]1CCc2sccc2[C@H]1c1cccs1. The third-order valence-electron chi connectivity index (χ3n) is 5.13. The molecule has 1 aromatic carbocycles. The number of aryl methyl sites for hydroxylation is 2. The summed E-state index contributed by atoms with van der Waals surface area (Å²) in [5.41, 5.74) is 4.58. The number of anilines is 1. The fraction of sp³-hybridized carbons (Fsp3) is 0.286. The van der Waals surface area contributed by atoms with E-state index in [4.69, 9.17) is 0 Å². The highest BCUT2D eigenvalue weighted by Crippen LogP contribution is 2.31. The van der Waals surface area contributed by atoms with Crippen molar-refractivity contribution in [2.24, 2.45) is 0 Å². The Morgan fingerprint density at radius 3 is 2.65 bits per heavy atom. The number of amides is 1. The molecule has 0 aliphatic carbocycles. The third-order valence-corrected chi connectivity index (χ3v) is 7.07. The van der Waals surface area contributed by atoms with Crippen LogP contribution in [0.3, 0.4) is 0 Å². The van der Waals surface area contributed by atoms with Crippen molar-refractivity contribution in [3.8, 4) is 0 Å². The molecule has 2 N–H and O–H groups in total. The van der Waals surface area contributed by atoms with Gasteiger partial charge in [0.05, 0.1) is 11.4 Å². The van der Waals surface area contributed by atoms with Gasteiger partial charge in [0, 0.05) is 22.5 Å². The molecule has 2 atom stereocenters. The van der Waals surface area contributed by atoms with E-state index < -0.39 is 0 Å². The van der Waals surface area contributed by atoms with Crippen LogP contribution in [0, 0.1) is 13.8 Å². The number of thiophene rings is 2. The second-order valence-electron chi connectivity index (χ2n) is 6.90. The van der Waals surface area contributed by atoms with Gasteiger partial charge < -0.3 is 10.2 Å². The van der Waals surface area contributed by atoms with Crippen molar-refractivity contribution in [3.05, 3.63) is 73.6 Å². The first-order chi connectivity index (χ1) is 12.6. The van der Waals surface area contributed by atoms with Crippen molar-refractivity contribution in [1.82, 2.24) is 0 Å². The van der Waals surface area contributed by atoms with Crippen LogP contribution >= 0.6 is 22.7 Å². The van der Waals surface area contributed by atoms with E-state index in [0.717, 1.165) is 29.8 Å². The Labute approximate surface area is 162 Å². The molecular weight excluding hydrogens is 360 g/mol. The van der Waals surface area contributed by atoms with Crippen molar-refractivity contribution >= 4 is 34.3 Å².